The van der Waals surface area contributed by atoms with E-state index in [0.717, 1.165) is 6.42 Å². The number of nitrogens with two attached hydrogens (primary N) is 2. The number of hydrogen-bond acceptors (Lipinski definition) is 7. The normalized spacial score (nSPS) is 14.2. The predicted octanol–water partition coefficient (Wildman–Crippen LogP) is 1.48. The molecule has 7 nitrogen and oxygen atoms in total. The highest BCUT2D eigenvalue weighted by Crippen LogP contribution is 2.13. The second-order valence-electron chi connectivity index (χ2n) is 5.04. The first-order valence-electron chi connectivity index (χ1n) is 9.04. The first-order chi connectivity index (χ1) is 11.4. The van der Waals surface area contributed by atoms with Crippen molar-refractivity contribution in [1.29, 1.82) is 0 Å². The first kappa shape index (κ1) is 26.4. The summed E-state index contributed by atoms with van der Waals surface area (Å²) in [6.07, 6.45) is 0.941. The molecule has 9 heteroatoms. The fraction of sp³-hybridized carbons (Fsp3) is 1.00. The Balaban J connectivity index is 0. The van der Waals surface area contributed by atoms with Crippen LogP contribution in [0.3, 0.4) is 0 Å². The van der Waals surface area contributed by atoms with E-state index in [9.17, 15) is 0 Å². The van der Waals surface area contributed by atoms with Gasteiger partial charge in [-0.15, -0.1) is 0 Å². The Bertz CT molecular complexity index is 253. The average molecular weight is 385 g/mol. The van der Waals surface area contributed by atoms with Gasteiger partial charge in [-0.3, -0.25) is 0 Å². The molecule has 2 unspecified atom stereocenters. The predicted molar refractivity (Wildman–Crippen MR) is 103 cm³/mol. The van der Waals surface area contributed by atoms with Crippen LogP contribution in [0.15, 0.2) is 0 Å². The van der Waals surface area contributed by atoms with Crippen molar-refractivity contribution in [3.63, 3.8) is 0 Å². The van der Waals surface area contributed by atoms with Gasteiger partial charge in [0.15, 0.2) is 0 Å². The largest absolute Gasteiger partial charge is 0.518 e. The zero-order valence-corrected chi connectivity index (χ0v) is 18.8. The summed E-state index contributed by atoms with van der Waals surface area (Å²) in [4.78, 5) is 0. The topological polar surface area (TPSA) is 98.2 Å². The van der Waals surface area contributed by atoms with E-state index in [0.29, 0.717) is 33.0 Å². The molecule has 0 saturated carbocycles. The molecule has 0 radical (unpaired) electrons. The summed E-state index contributed by atoms with van der Waals surface area (Å²) in [5, 5.41) is 0. The van der Waals surface area contributed by atoms with Crippen molar-refractivity contribution < 1.29 is 22.1 Å². The van der Waals surface area contributed by atoms with Gasteiger partial charge < -0.3 is 33.6 Å². The molecule has 0 aromatic rings. The van der Waals surface area contributed by atoms with Crippen molar-refractivity contribution in [2.75, 3.05) is 33.0 Å². The van der Waals surface area contributed by atoms with Gasteiger partial charge >= 0.3 is 18.1 Å². The summed E-state index contributed by atoms with van der Waals surface area (Å²) in [7, 11) is -4.15. The fourth-order valence-electron chi connectivity index (χ4n) is 1.94. The molecule has 0 aliphatic heterocycles. The zero-order valence-electron chi connectivity index (χ0n) is 16.7. The van der Waals surface area contributed by atoms with E-state index in [1.54, 1.807) is 0 Å². The highest BCUT2D eigenvalue weighted by atomic mass is 28.4. The Hall–Kier alpha value is 0.154. The van der Waals surface area contributed by atoms with Crippen LogP contribution >= 0.6 is 0 Å². The van der Waals surface area contributed by atoms with Crippen molar-refractivity contribution in [2.24, 2.45) is 11.5 Å². The van der Waals surface area contributed by atoms with Crippen LogP contribution in [0.4, 0.5) is 0 Å². The molecule has 0 amide bonds. The van der Waals surface area contributed by atoms with Gasteiger partial charge in [0.2, 0.25) is 0 Å². The lowest BCUT2D eigenvalue weighted by molar-refractivity contribution is 0.0640. The Morgan fingerprint density at radius 1 is 0.750 bits per heavy atom. The standard InChI is InChI=1S/C8H21NO3Si.C7H19NO2Si/c1-5-10-13(8(4)9,11-6-2)12-7-3;1-4-7(8)11(9-5-2)10-6-3/h8H,5-7,9H2,1-4H3;7,11H,4-6,8H2,1-3H3. The lowest BCUT2D eigenvalue weighted by Gasteiger charge is -2.31. The van der Waals surface area contributed by atoms with Crippen LogP contribution in [0, 0.1) is 0 Å². The highest BCUT2D eigenvalue weighted by Gasteiger charge is 2.44. The van der Waals surface area contributed by atoms with Crippen molar-refractivity contribution in [3.05, 3.63) is 0 Å². The first-order valence-corrected chi connectivity index (χ1v) is 12.5. The maximum absolute atomic E-state index is 5.82. The molecule has 0 aliphatic rings. The van der Waals surface area contributed by atoms with Crippen molar-refractivity contribution in [1.82, 2.24) is 0 Å². The van der Waals surface area contributed by atoms with Crippen LogP contribution < -0.4 is 11.5 Å². The molecule has 0 fully saturated rings. The molecule has 0 bridgehead atoms. The van der Waals surface area contributed by atoms with Crippen LogP contribution in [0.5, 0.6) is 0 Å². The summed E-state index contributed by atoms with van der Waals surface area (Å²) >= 11 is 0. The van der Waals surface area contributed by atoms with E-state index in [1.807, 2.05) is 41.5 Å². The summed E-state index contributed by atoms with van der Waals surface area (Å²) in [5.74, 6) is 0. The summed E-state index contributed by atoms with van der Waals surface area (Å²) in [6, 6.07) is 0. The molecule has 0 heterocycles. The Morgan fingerprint density at radius 3 is 1.33 bits per heavy atom. The van der Waals surface area contributed by atoms with E-state index in [1.165, 1.54) is 0 Å². The second-order valence-corrected chi connectivity index (χ2v) is 10.3. The minimum Gasteiger partial charge on any atom is -0.396 e. The third-order valence-electron chi connectivity index (χ3n) is 3.08. The number of hydrogen-bond donors (Lipinski definition) is 2. The van der Waals surface area contributed by atoms with Gasteiger partial charge in [-0.2, -0.15) is 0 Å². The van der Waals surface area contributed by atoms with E-state index >= 15 is 0 Å². The highest BCUT2D eigenvalue weighted by molar-refractivity contribution is 6.62. The monoisotopic (exact) mass is 384 g/mol. The Labute approximate surface area is 151 Å². The third kappa shape index (κ3) is 10.9. The Kier molecular flexibility index (Phi) is 18.3. The Morgan fingerprint density at radius 2 is 1.12 bits per heavy atom. The van der Waals surface area contributed by atoms with Crippen LogP contribution in [-0.2, 0) is 22.1 Å². The van der Waals surface area contributed by atoms with Crippen molar-refractivity contribution >= 4 is 18.1 Å². The van der Waals surface area contributed by atoms with E-state index in [4.69, 9.17) is 33.6 Å². The molecule has 0 rings (SSSR count). The molecule has 0 aromatic carbocycles. The maximum atomic E-state index is 5.82. The van der Waals surface area contributed by atoms with Crippen molar-refractivity contribution in [2.45, 2.75) is 66.2 Å². The van der Waals surface area contributed by atoms with Gasteiger partial charge in [-0.25, -0.2) is 0 Å². The molecule has 0 saturated heterocycles. The molecule has 0 aromatic heterocycles. The number of rotatable bonds is 13. The molecular formula is C15H40N2O5Si2. The minimum absolute atomic E-state index is 0.134. The van der Waals surface area contributed by atoms with Gasteiger partial charge in [0.1, 0.15) is 0 Å². The molecule has 0 spiro atoms. The zero-order chi connectivity index (χ0) is 19.0. The third-order valence-corrected chi connectivity index (χ3v) is 8.76. The molecule has 4 N–H and O–H groups in total. The summed E-state index contributed by atoms with van der Waals surface area (Å²) in [5.41, 5.74) is 11.6. The minimum atomic E-state index is -2.60. The van der Waals surface area contributed by atoms with Gasteiger partial charge in [0.25, 0.3) is 0 Å². The van der Waals surface area contributed by atoms with Crippen LogP contribution in [0.1, 0.15) is 54.9 Å². The van der Waals surface area contributed by atoms with E-state index in [2.05, 4.69) is 6.92 Å². The lowest BCUT2D eigenvalue weighted by atomic mass is 10.5. The van der Waals surface area contributed by atoms with Crippen LogP contribution in [0.25, 0.3) is 0 Å². The molecule has 0 aliphatic carbocycles. The van der Waals surface area contributed by atoms with Crippen LogP contribution in [-0.4, -0.2) is 62.5 Å². The van der Waals surface area contributed by atoms with Gasteiger partial charge in [-0.1, -0.05) is 6.92 Å². The SMILES string of the molecule is CCO[SiH](OCC)C(N)CC.CCO[Si](OCC)(OCC)C(C)N. The van der Waals surface area contributed by atoms with Crippen LogP contribution in [0.2, 0.25) is 0 Å². The lowest BCUT2D eigenvalue weighted by Crippen LogP contribution is -2.59. The van der Waals surface area contributed by atoms with E-state index in [-0.39, 0.29) is 11.3 Å². The molecule has 2 atom stereocenters. The van der Waals surface area contributed by atoms with Gasteiger partial charge in [0.05, 0.1) is 5.67 Å². The smallest absolute Gasteiger partial charge is 0.396 e. The average Bonchev–Trinajstić information content (AvgIpc) is 2.55. The van der Waals surface area contributed by atoms with Gasteiger partial charge in [0, 0.05) is 38.7 Å². The quantitative estimate of drug-likeness (QED) is 0.464. The maximum Gasteiger partial charge on any atom is 0.518 e. The fourth-order valence-corrected chi connectivity index (χ4v) is 5.82. The summed E-state index contributed by atoms with van der Waals surface area (Å²) in [6.45, 7) is 16.8. The van der Waals surface area contributed by atoms with E-state index < -0.39 is 18.1 Å². The molecule has 148 valence electrons. The molecule has 24 heavy (non-hydrogen) atoms. The van der Waals surface area contributed by atoms with Crippen molar-refractivity contribution in [3.8, 4) is 0 Å². The van der Waals surface area contributed by atoms with Gasteiger partial charge in [-0.05, 0) is 48.0 Å². The molecular weight excluding hydrogens is 344 g/mol. The summed E-state index contributed by atoms with van der Waals surface area (Å²) < 4.78 is 27.5. The second kappa shape index (κ2) is 16.6.